The fourth-order valence-electron chi connectivity index (χ4n) is 1.61. The van der Waals surface area contributed by atoms with Crippen LogP contribution in [-0.2, 0) is 10.5 Å². The highest BCUT2D eigenvalue weighted by atomic mass is 32.2. The molecule has 5 heteroatoms. The minimum Gasteiger partial charge on any atom is -0.373 e. The standard InChI is InChI=1S/C13H21N3OS/c1-4-16(5-2)13(17)10-18-9-11-7-6-8-12(14-3)15-11/h6-8H,4-5,9-10H2,1-3H3,(H,14,15). The third-order valence-electron chi connectivity index (χ3n) is 2.65. The summed E-state index contributed by atoms with van der Waals surface area (Å²) in [5.41, 5.74) is 0.999. The van der Waals surface area contributed by atoms with Gasteiger partial charge in [0.15, 0.2) is 0 Å². The number of nitrogens with one attached hydrogen (secondary N) is 1. The monoisotopic (exact) mass is 267 g/mol. The van der Waals surface area contributed by atoms with Gasteiger partial charge in [0.2, 0.25) is 5.91 Å². The number of hydrogen-bond acceptors (Lipinski definition) is 4. The molecule has 1 rings (SSSR count). The zero-order chi connectivity index (χ0) is 13.4. The lowest BCUT2D eigenvalue weighted by Crippen LogP contribution is -2.31. The summed E-state index contributed by atoms with van der Waals surface area (Å²) in [7, 11) is 1.85. The van der Waals surface area contributed by atoms with Crippen LogP contribution in [0.25, 0.3) is 0 Å². The van der Waals surface area contributed by atoms with E-state index in [2.05, 4.69) is 10.3 Å². The number of nitrogens with zero attached hydrogens (tertiary/aromatic N) is 2. The lowest BCUT2D eigenvalue weighted by Gasteiger charge is -2.18. The normalized spacial score (nSPS) is 10.2. The Hall–Kier alpha value is -1.23. The van der Waals surface area contributed by atoms with Crippen molar-refractivity contribution in [3.05, 3.63) is 23.9 Å². The summed E-state index contributed by atoms with van der Waals surface area (Å²) in [6.45, 7) is 5.57. The number of amides is 1. The van der Waals surface area contributed by atoms with Crippen molar-refractivity contribution in [1.29, 1.82) is 0 Å². The van der Waals surface area contributed by atoms with Gasteiger partial charge in [-0.05, 0) is 26.0 Å². The number of rotatable bonds is 7. The largest absolute Gasteiger partial charge is 0.373 e. The second-order valence-electron chi connectivity index (χ2n) is 3.82. The van der Waals surface area contributed by atoms with E-state index in [1.54, 1.807) is 11.8 Å². The van der Waals surface area contributed by atoms with Crippen LogP contribution in [0, 0.1) is 0 Å². The van der Waals surface area contributed by atoms with E-state index in [0.29, 0.717) is 5.75 Å². The van der Waals surface area contributed by atoms with Crippen molar-refractivity contribution in [1.82, 2.24) is 9.88 Å². The van der Waals surface area contributed by atoms with Gasteiger partial charge in [0.05, 0.1) is 11.4 Å². The Labute approximate surface area is 113 Å². The quantitative estimate of drug-likeness (QED) is 0.823. The Kier molecular flexibility index (Phi) is 6.57. The second kappa shape index (κ2) is 7.97. The van der Waals surface area contributed by atoms with Gasteiger partial charge in [-0.1, -0.05) is 6.07 Å². The molecule has 0 atom stereocenters. The van der Waals surface area contributed by atoms with Crippen molar-refractivity contribution >= 4 is 23.5 Å². The van der Waals surface area contributed by atoms with Gasteiger partial charge in [0.1, 0.15) is 5.82 Å². The molecule has 0 spiro atoms. The van der Waals surface area contributed by atoms with E-state index in [1.165, 1.54) is 0 Å². The van der Waals surface area contributed by atoms with Gasteiger partial charge in [0.25, 0.3) is 0 Å². The zero-order valence-corrected chi connectivity index (χ0v) is 12.1. The predicted octanol–water partition coefficient (Wildman–Crippen LogP) is 2.22. The molecule has 0 radical (unpaired) electrons. The first kappa shape index (κ1) is 14.8. The van der Waals surface area contributed by atoms with E-state index >= 15 is 0 Å². The van der Waals surface area contributed by atoms with E-state index in [4.69, 9.17) is 0 Å². The van der Waals surface area contributed by atoms with Crippen molar-refractivity contribution in [3.8, 4) is 0 Å². The molecule has 0 aliphatic carbocycles. The van der Waals surface area contributed by atoms with Gasteiger partial charge in [-0.2, -0.15) is 0 Å². The Balaban J connectivity index is 2.39. The van der Waals surface area contributed by atoms with E-state index in [1.807, 2.05) is 44.0 Å². The van der Waals surface area contributed by atoms with Gasteiger partial charge in [0, 0.05) is 25.9 Å². The minimum absolute atomic E-state index is 0.203. The zero-order valence-electron chi connectivity index (χ0n) is 11.3. The number of anilines is 1. The highest BCUT2D eigenvalue weighted by molar-refractivity contribution is 7.99. The van der Waals surface area contributed by atoms with Gasteiger partial charge in [-0.25, -0.2) is 4.98 Å². The molecule has 1 N–H and O–H groups in total. The first-order valence-corrected chi connectivity index (χ1v) is 7.35. The molecular weight excluding hydrogens is 246 g/mol. The van der Waals surface area contributed by atoms with Crippen LogP contribution in [0.4, 0.5) is 5.82 Å². The molecule has 0 unspecified atom stereocenters. The summed E-state index contributed by atoms with van der Waals surface area (Å²) in [6, 6.07) is 5.88. The van der Waals surface area contributed by atoms with Gasteiger partial charge in [-0.15, -0.1) is 11.8 Å². The third-order valence-corrected chi connectivity index (χ3v) is 3.61. The Morgan fingerprint density at radius 3 is 2.72 bits per heavy atom. The fraction of sp³-hybridized carbons (Fsp3) is 0.538. The molecule has 1 aromatic heterocycles. The topological polar surface area (TPSA) is 45.2 Å². The molecule has 0 saturated carbocycles. The molecule has 0 aliphatic rings. The van der Waals surface area contributed by atoms with Crippen LogP contribution in [0.5, 0.6) is 0 Å². The lowest BCUT2D eigenvalue weighted by atomic mass is 10.4. The summed E-state index contributed by atoms with van der Waals surface area (Å²) in [6.07, 6.45) is 0. The maximum absolute atomic E-state index is 11.8. The summed E-state index contributed by atoms with van der Waals surface area (Å²) in [4.78, 5) is 18.1. The summed E-state index contributed by atoms with van der Waals surface area (Å²) in [5.74, 6) is 2.35. The summed E-state index contributed by atoms with van der Waals surface area (Å²) >= 11 is 1.61. The predicted molar refractivity (Wildman–Crippen MR) is 77.9 cm³/mol. The maximum Gasteiger partial charge on any atom is 0.232 e. The number of aromatic nitrogens is 1. The summed E-state index contributed by atoms with van der Waals surface area (Å²) in [5, 5.41) is 3.01. The van der Waals surface area contributed by atoms with Crippen LogP contribution in [0.1, 0.15) is 19.5 Å². The molecule has 0 saturated heterocycles. The summed E-state index contributed by atoms with van der Waals surface area (Å²) < 4.78 is 0. The van der Waals surface area contributed by atoms with Gasteiger partial charge in [-0.3, -0.25) is 4.79 Å². The SMILES string of the molecule is CCN(CC)C(=O)CSCc1cccc(NC)n1. The molecule has 18 heavy (non-hydrogen) atoms. The van der Waals surface area contributed by atoms with E-state index < -0.39 is 0 Å². The molecule has 0 aliphatic heterocycles. The Morgan fingerprint density at radius 2 is 2.11 bits per heavy atom. The van der Waals surface area contributed by atoms with E-state index in [0.717, 1.165) is 30.4 Å². The number of carbonyl (C=O) groups is 1. The van der Waals surface area contributed by atoms with E-state index in [9.17, 15) is 4.79 Å². The van der Waals surface area contributed by atoms with Crippen LogP contribution in [0.2, 0.25) is 0 Å². The molecule has 4 nitrogen and oxygen atoms in total. The van der Waals surface area contributed by atoms with Crippen molar-refractivity contribution < 1.29 is 4.79 Å². The second-order valence-corrected chi connectivity index (χ2v) is 4.81. The molecule has 0 fully saturated rings. The van der Waals surface area contributed by atoms with Crippen molar-refractivity contribution in [3.63, 3.8) is 0 Å². The average Bonchev–Trinajstić information content (AvgIpc) is 2.40. The molecule has 100 valence electrons. The number of hydrogen-bond donors (Lipinski definition) is 1. The molecule has 1 heterocycles. The molecule has 0 bridgehead atoms. The Morgan fingerprint density at radius 1 is 1.39 bits per heavy atom. The highest BCUT2D eigenvalue weighted by Crippen LogP contribution is 2.13. The highest BCUT2D eigenvalue weighted by Gasteiger charge is 2.09. The van der Waals surface area contributed by atoms with Gasteiger partial charge >= 0.3 is 0 Å². The number of thioether (sulfide) groups is 1. The molecule has 1 aromatic rings. The van der Waals surface area contributed by atoms with Crippen molar-refractivity contribution in [2.75, 3.05) is 31.2 Å². The van der Waals surface area contributed by atoms with Crippen molar-refractivity contribution in [2.24, 2.45) is 0 Å². The Bertz CT molecular complexity index is 380. The van der Waals surface area contributed by atoms with Crippen molar-refractivity contribution in [2.45, 2.75) is 19.6 Å². The van der Waals surface area contributed by atoms with Crippen LogP contribution in [0.15, 0.2) is 18.2 Å². The van der Waals surface area contributed by atoms with Crippen LogP contribution < -0.4 is 5.32 Å². The maximum atomic E-state index is 11.8. The fourth-order valence-corrected chi connectivity index (χ4v) is 2.44. The first-order chi connectivity index (χ1) is 8.71. The van der Waals surface area contributed by atoms with Crippen LogP contribution in [0.3, 0.4) is 0 Å². The number of carbonyl (C=O) groups excluding carboxylic acids is 1. The molecular formula is C13H21N3OS. The molecule has 0 aromatic carbocycles. The third kappa shape index (κ3) is 4.56. The lowest BCUT2D eigenvalue weighted by molar-refractivity contribution is -0.127. The first-order valence-electron chi connectivity index (χ1n) is 6.20. The minimum atomic E-state index is 0.203. The van der Waals surface area contributed by atoms with Gasteiger partial charge < -0.3 is 10.2 Å². The van der Waals surface area contributed by atoms with E-state index in [-0.39, 0.29) is 5.91 Å². The van der Waals surface area contributed by atoms with Crippen LogP contribution in [-0.4, -0.2) is 41.7 Å². The number of pyridine rings is 1. The molecule has 1 amide bonds. The smallest absolute Gasteiger partial charge is 0.232 e. The average molecular weight is 267 g/mol. The van der Waals surface area contributed by atoms with Crippen LogP contribution >= 0.6 is 11.8 Å².